The number of aromatic nitrogens is 3. The minimum absolute atomic E-state index is 0.140. The fourth-order valence-corrected chi connectivity index (χ4v) is 2.77. The van der Waals surface area contributed by atoms with Gasteiger partial charge in [0, 0.05) is 25.4 Å². The zero-order valence-electron chi connectivity index (χ0n) is 9.37. The molecule has 2 aromatic heterocycles. The second-order valence-corrected chi connectivity index (χ2v) is 4.92. The second kappa shape index (κ2) is 4.08. The van der Waals surface area contributed by atoms with E-state index >= 15 is 0 Å². The van der Waals surface area contributed by atoms with Crippen LogP contribution in [-0.4, -0.2) is 40.4 Å². The Morgan fingerprint density at radius 3 is 3.24 bits per heavy atom. The van der Waals surface area contributed by atoms with Crippen LogP contribution in [0.5, 0.6) is 0 Å². The van der Waals surface area contributed by atoms with Crippen LogP contribution in [0.2, 0.25) is 0 Å². The van der Waals surface area contributed by atoms with Gasteiger partial charge >= 0.3 is 0 Å². The summed E-state index contributed by atoms with van der Waals surface area (Å²) < 4.78 is 6.83. The van der Waals surface area contributed by atoms with Crippen LogP contribution in [0.15, 0.2) is 17.1 Å². The topological polar surface area (TPSA) is 59.7 Å². The Bertz CT molecular complexity index is 593. The summed E-state index contributed by atoms with van der Waals surface area (Å²) in [7, 11) is 0. The summed E-state index contributed by atoms with van der Waals surface area (Å²) in [4.78, 5) is 18.5. The smallest absolute Gasteiger partial charge is 0.275 e. The number of hydrogen-bond acceptors (Lipinski definition) is 6. The highest BCUT2D eigenvalue weighted by molar-refractivity contribution is 7.20. The van der Waals surface area contributed by atoms with Crippen molar-refractivity contribution in [3.63, 3.8) is 0 Å². The fraction of sp³-hybridized carbons (Fsp3) is 0.500. The Labute approximate surface area is 101 Å². The van der Waals surface area contributed by atoms with Crippen molar-refractivity contribution in [2.45, 2.75) is 13.0 Å². The number of nitrogens with zero attached hydrogens (tertiary/aromatic N) is 4. The molecule has 0 bridgehead atoms. The molecular weight excluding hydrogens is 240 g/mol. The number of morpholine rings is 1. The summed E-state index contributed by atoms with van der Waals surface area (Å²) in [5.41, 5.74) is -0.140. The average molecular weight is 252 g/mol. The number of rotatable bonds is 1. The predicted octanol–water partition coefficient (Wildman–Crippen LogP) is 0.376. The van der Waals surface area contributed by atoms with Gasteiger partial charge in [0.15, 0.2) is 0 Å². The second-order valence-electron chi connectivity index (χ2n) is 3.99. The lowest BCUT2D eigenvalue weighted by Gasteiger charge is -2.30. The van der Waals surface area contributed by atoms with Gasteiger partial charge in [0.2, 0.25) is 10.1 Å². The first kappa shape index (κ1) is 10.7. The van der Waals surface area contributed by atoms with Gasteiger partial charge in [-0.05, 0) is 6.92 Å². The molecule has 17 heavy (non-hydrogen) atoms. The molecule has 0 aliphatic carbocycles. The van der Waals surface area contributed by atoms with Crippen LogP contribution >= 0.6 is 11.3 Å². The molecule has 2 aromatic rings. The van der Waals surface area contributed by atoms with Crippen LogP contribution in [0, 0.1) is 0 Å². The van der Waals surface area contributed by atoms with E-state index in [-0.39, 0.29) is 11.7 Å². The van der Waals surface area contributed by atoms with Gasteiger partial charge in [-0.25, -0.2) is 4.98 Å². The number of hydrogen-bond donors (Lipinski definition) is 0. The number of anilines is 1. The van der Waals surface area contributed by atoms with Gasteiger partial charge in [-0.1, -0.05) is 11.3 Å². The zero-order chi connectivity index (χ0) is 11.8. The van der Waals surface area contributed by atoms with E-state index in [0.717, 1.165) is 18.2 Å². The van der Waals surface area contributed by atoms with Crippen LogP contribution in [0.4, 0.5) is 5.13 Å². The number of ether oxygens (including phenoxy) is 1. The van der Waals surface area contributed by atoms with Gasteiger partial charge in [-0.15, -0.1) is 5.10 Å². The molecule has 0 spiro atoms. The third kappa shape index (κ3) is 1.91. The molecule has 90 valence electrons. The Morgan fingerprint density at radius 2 is 2.47 bits per heavy atom. The molecule has 1 aliphatic heterocycles. The first-order chi connectivity index (χ1) is 8.24. The summed E-state index contributed by atoms with van der Waals surface area (Å²) in [5.74, 6) is 0. The molecule has 7 heteroatoms. The van der Waals surface area contributed by atoms with Crippen molar-refractivity contribution in [1.29, 1.82) is 0 Å². The van der Waals surface area contributed by atoms with E-state index in [0.29, 0.717) is 11.6 Å². The maximum Gasteiger partial charge on any atom is 0.275 e. The molecule has 1 unspecified atom stereocenters. The molecule has 1 atom stereocenters. The van der Waals surface area contributed by atoms with E-state index in [2.05, 4.69) is 15.0 Å². The molecule has 0 N–H and O–H groups in total. The molecule has 1 aliphatic rings. The van der Waals surface area contributed by atoms with Crippen molar-refractivity contribution < 1.29 is 4.74 Å². The fourth-order valence-electron chi connectivity index (χ4n) is 1.85. The largest absolute Gasteiger partial charge is 0.375 e. The molecule has 6 nitrogen and oxygen atoms in total. The quantitative estimate of drug-likeness (QED) is 0.734. The zero-order valence-corrected chi connectivity index (χ0v) is 10.2. The first-order valence-corrected chi connectivity index (χ1v) is 6.27. The Kier molecular flexibility index (Phi) is 2.56. The lowest BCUT2D eigenvalue weighted by Crippen LogP contribution is -2.41. The van der Waals surface area contributed by atoms with Gasteiger partial charge in [-0.2, -0.15) is 4.52 Å². The predicted molar refractivity (Wildman–Crippen MR) is 64.8 cm³/mol. The third-order valence-electron chi connectivity index (χ3n) is 2.67. The Balaban J connectivity index is 2.00. The van der Waals surface area contributed by atoms with Crippen LogP contribution in [0.1, 0.15) is 6.92 Å². The highest BCUT2D eigenvalue weighted by Crippen LogP contribution is 2.22. The van der Waals surface area contributed by atoms with Crippen molar-refractivity contribution in [3.05, 3.63) is 22.6 Å². The first-order valence-electron chi connectivity index (χ1n) is 5.45. The summed E-state index contributed by atoms with van der Waals surface area (Å²) >= 11 is 1.43. The third-order valence-corrected chi connectivity index (χ3v) is 3.66. The van der Waals surface area contributed by atoms with Crippen molar-refractivity contribution >= 4 is 21.4 Å². The molecule has 3 heterocycles. The lowest BCUT2D eigenvalue weighted by atomic mass is 10.3. The van der Waals surface area contributed by atoms with Crippen molar-refractivity contribution in [1.82, 2.24) is 14.6 Å². The lowest BCUT2D eigenvalue weighted by molar-refractivity contribution is 0.0531. The SMILES string of the molecule is CC1CN(c2nn3c(=O)ccnc3s2)CCO1. The molecule has 0 radical (unpaired) electrons. The standard InChI is InChI=1S/C10H12N4O2S/c1-7-6-13(4-5-16-7)10-12-14-8(15)2-3-11-9(14)17-10/h2-3,7H,4-6H2,1H3. The average Bonchev–Trinajstić information content (AvgIpc) is 2.74. The van der Waals surface area contributed by atoms with E-state index in [1.165, 1.54) is 28.1 Å². The summed E-state index contributed by atoms with van der Waals surface area (Å²) in [6.45, 7) is 4.33. The van der Waals surface area contributed by atoms with E-state index in [1.54, 1.807) is 0 Å². The van der Waals surface area contributed by atoms with Gasteiger partial charge < -0.3 is 9.64 Å². The maximum atomic E-state index is 11.6. The minimum Gasteiger partial charge on any atom is -0.375 e. The van der Waals surface area contributed by atoms with E-state index in [4.69, 9.17) is 4.74 Å². The van der Waals surface area contributed by atoms with Crippen molar-refractivity contribution in [2.75, 3.05) is 24.6 Å². The molecule has 0 amide bonds. The molecule has 1 saturated heterocycles. The summed E-state index contributed by atoms with van der Waals surface area (Å²) in [6.07, 6.45) is 1.71. The van der Waals surface area contributed by atoms with Gasteiger partial charge in [0.25, 0.3) is 5.56 Å². The molecule has 1 fully saturated rings. The monoisotopic (exact) mass is 252 g/mol. The van der Waals surface area contributed by atoms with Crippen molar-refractivity contribution in [3.8, 4) is 0 Å². The summed E-state index contributed by atoms with van der Waals surface area (Å²) in [5, 5.41) is 5.13. The van der Waals surface area contributed by atoms with Crippen LogP contribution in [0.3, 0.4) is 0 Å². The van der Waals surface area contributed by atoms with Crippen molar-refractivity contribution in [2.24, 2.45) is 0 Å². The Morgan fingerprint density at radius 1 is 1.59 bits per heavy atom. The maximum absolute atomic E-state index is 11.6. The highest BCUT2D eigenvalue weighted by Gasteiger charge is 2.20. The van der Waals surface area contributed by atoms with E-state index < -0.39 is 0 Å². The van der Waals surface area contributed by atoms with Crippen LogP contribution < -0.4 is 10.5 Å². The van der Waals surface area contributed by atoms with E-state index in [9.17, 15) is 4.79 Å². The summed E-state index contributed by atoms with van der Waals surface area (Å²) in [6, 6.07) is 1.42. The van der Waals surface area contributed by atoms with Gasteiger partial charge in [-0.3, -0.25) is 4.79 Å². The van der Waals surface area contributed by atoms with Gasteiger partial charge in [0.05, 0.1) is 12.7 Å². The van der Waals surface area contributed by atoms with Crippen LogP contribution in [0.25, 0.3) is 4.96 Å². The minimum atomic E-state index is -0.140. The van der Waals surface area contributed by atoms with E-state index in [1.807, 2.05) is 6.92 Å². The molecule has 0 saturated carbocycles. The number of fused-ring (bicyclic) bond motifs is 1. The molecule has 0 aromatic carbocycles. The molecule has 3 rings (SSSR count). The highest BCUT2D eigenvalue weighted by atomic mass is 32.1. The normalized spacial score (nSPS) is 21.0. The molecular formula is C10H12N4O2S. The van der Waals surface area contributed by atoms with Crippen LogP contribution in [-0.2, 0) is 4.74 Å². The van der Waals surface area contributed by atoms with Gasteiger partial charge in [0.1, 0.15) is 0 Å². The Hall–Kier alpha value is -1.47.